The summed E-state index contributed by atoms with van der Waals surface area (Å²) in [5.74, 6) is 0.576. The van der Waals surface area contributed by atoms with Gasteiger partial charge in [0.2, 0.25) is 0 Å². The summed E-state index contributed by atoms with van der Waals surface area (Å²) in [5, 5.41) is 0. The maximum atomic E-state index is 13.0. The average Bonchev–Trinajstić information content (AvgIpc) is 2.83. The van der Waals surface area contributed by atoms with Crippen LogP contribution >= 0.6 is 0 Å². The van der Waals surface area contributed by atoms with Crippen molar-refractivity contribution >= 4 is 0 Å². The number of nitrogens with one attached hydrogen (secondary N) is 1. The van der Waals surface area contributed by atoms with Gasteiger partial charge in [0.15, 0.2) is 0 Å². The van der Waals surface area contributed by atoms with Crippen molar-refractivity contribution in [3.05, 3.63) is 60.4 Å². The van der Waals surface area contributed by atoms with E-state index in [1.54, 1.807) is 24.5 Å². The van der Waals surface area contributed by atoms with Gasteiger partial charge in [0.25, 0.3) is 0 Å². The van der Waals surface area contributed by atoms with E-state index in [0.717, 1.165) is 28.3 Å². The van der Waals surface area contributed by atoms with Crippen LogP contribution in [0.1, 0.15) is 5.82 Å². The molecule has 1 N–H and O–H groups in total. The van der Waals surface area contributed by atoms with Crippen LogP contribution < -0.4 is 0 Å². The number of aromatic amines is 1. The van der Waals surface area contributed by atoms with Crippen molar-refractivity contribution in [2.24, 2.45) is 0 Å². The van der Waals surface area contributed by atoms with Crippen LogP contribution in [0.15, 0.2) is 48.8 Å². The van der Waals surface area contributed by atoms with Crippen LogP contribution in [0.5, 0.6) is 0 Å². The van der Waals surface area contributed by atoms with Crippen LogP contribution in [0.3, 0.4) is 0 Å². The fourth-order valence-electron chi connectivity index (χ4n) is 2.04. The van der Waals surface area contributed by atoms with Crippen LogP contribution in [-0.4, -0.2) is 15.0 Å². The molecular weight excluding hydrogens is 241 g/mol. The highest BCUT2D eigenvalue weighted by atomic mass is 19.1. The zero-order valence-electron chi connectivity index (χ0n) is 10.4. The Hall–Kier alpha value is -2.49. The molecule has 0 unspecified atom stereocenters. The lowest BCUT2D eigenvalue weighted by atomic mass is 10.1. The third kappa shape index (κ3) is 2.25. The Kier molecular flexibility index (Phi) is 2.83. The van der Waals surface area contributed by atoms with Gasteiger partial charge in [-0.1, -0.05) is 0 Å². The van der Waals surface area contributed by atoms with E-state index >= 15 is 0 Å². The van der Waals surface area contributed by atoms with Gasteiger partial charge < -0.3 is 4.98 Å². The number of benzene rings is 1. The lowest BCUT2D eigenvalue weighted by molar-refractivity contribution is 0.628. The molecule has 4 heteroatoms. The smallest absolute Gasteiger partial charge is 0.123 e. The molecule has 0 saturated heterocycles. The van der Waals surface area contributed by atoms with E-state index in [1.807, 2.05) is 19.1 Å². The monoisotopic (exact) mass is 253 g/mol. The van der Waals surface area contributed by atoms with Crippen molar-refractivity contribution in [2.75, 3.05) is 0 Å². The average molecular weight is 253 g/mol. The maximum Gasteiger partial charge on any atom is 0.123 e. The summed E-state index contributed by atoms with van der Waals surface area (Å²) in [6.07, 6.45) is 3.47. The summed E-state index contributed by atoms with van der Waals surface area (Å²) in [5.41, 5.74) is 3.64. The molecule has 0 aliphatic heterocycles. The van der Waals surface area contributed by atoms with Gasteiger partial charge in [0.05, 0.1) is 11.4 Å². The van der Waals surface area contributed by atoms with E-state index < -0.39 is 0 Å². The SMILES string of the molecule is Cc1nc(-c2ccc(F)cc2)c(-c2ccncc2)[nH]1. The number of aryl methyl sites for hydroxylation is 1. The Bertz CT molecular complexity index is 687. The molecule has 0 fully saturated rings. The molecule has 0 bridgehead atoms. The largest absolute Gasteiger partial charge is 0.342 e. The second-order valence-corrected chi connectivity index (χ2v) is 4.29. The summed E-state index contributed by atoms with van der Waals surface area (Å²) in [6.45, 7) is 1.90. The van der Waals surface area contributed by atoms with Crippen LogP contribution in [0.2, 0.25) is 0 Å². The fraction of sp³-hybridized carbons (Fsp3) is 0.0667. The third-order valence-corrected chi connectivity index (χ3v) is 2.91. The van der Waals surface area contributed by atoms with Crippen LogP contribution in [0.25, 0.3) is 22.5 Å². The lowest BCUT2D eigenvalue weighted by Gasteiger charge is -2.02. The van der Waals surface area contributed by atoms with Gasteiger partial charge in [0, 0.05) is 23.5 Å². The molecule has 0 radical (unpaired) electrons. The Labute approximate surface area is 110 Å². The molecule has 0 aliphatic rings. The predicted molar refractivity (Wildman–Crippen MR) is 71.9 cm³/mol. The van der Waals surface area contributed by atoms with Crippen molar-refractivity contribution < 1.29 is 4.39 Å². The number of rotatable bonds is 2. The van der Waals surface area contributed by atoms with E-state index in [1.165, 1.54) is 12.1 Å². The molecule has 0 aliphatic carbocycles. The fourth-order valence-corrected chi connectivity index (χ4v) is 2.04. The second kappa shape index (κ2) is 4.65. The van der Waals surface area contributed by atoms with E-state index in [-0.39, 0.29) is 5.82 Å². The third-order valence-electron chi connectivity index (χ3n) is 2.91. The minimum Gasteiger partial charge on any atom is -0.342 e. The molecule has 0 amide bonds. The van der Waals surface area contributed by atoms with Crippen molar-refractivity contribution in [3.8, 4) is 22.5 Å². The molecule has 1 aromatic carbocycles. The van der Waals surface area contributed by atoms with E-state index in [4.69, 9.17) is 0 Å². The second-order valence-electron chi connectivity index (χ2n) is 4.29. The Balaban J connectivity index is 2.15. The molecule has 2 heterocycles. The van der Waals surface area contributed by atoms with Crippen molar-refractivity contribution in [1.29, 1.82) is 0 Å². The molecule has 94 valence electrons. The minimum absolute atomic E-state index is 0.249. The Morgan fingerprint density at radius 1 is 0.947 bits per heavy atom. The Morgan fingerprint density at radius 2 is 1.63 bits per heavy atom. The number of hydrogen-bond donors (Lipinski definition) is 1. The number of imidazole rings is 1. The number of H-pyrrole nitrogens is 1. The molecule has 0 saturated carbocycles. The normalized spacial score (nSPS) is 10.6. The number of nitrogens with zero attached hydrogens (tertiary/aromatic N) is 2. The summed E-state index contributed by atoms with van der Waals surface area (Å²) in [6, 6.07) is 10.2. The van der Waals surface area contributed by atoms with Gasteiger partial charge in [0.1, 0.15) is 11.6 Å². The molecule has 2 aromatic heterocycles. The van der Waals surface area contributed by atoms with Crippen LogP contribution in [-0.2, 0) is 0 Å². The zero-order valence-corrected chi connectivity index (χ0v) is 10.4. The van der Waals surface area contributed by atoms with Gasteiger partial charge >= 0.3 is 0 Å². The molecule has 19 heavy (non-hydrogen) atoms. The van der Waals surface area contributed by atoms with Gasteiger partial charge in [-0.15, -0.1) is 0 Å². The topological polar surface area (TPSA) is 41.6 Å². The minimum atomic E-state index is -0.249. The van der Waals surface area contributed by atoms with Crippen molar-refractivity contribution in [3.63, 3.8) is 0 Å². The number of aromatic nitrogens is 3. The Morgan fingerprint density at radius 3 is 2.32 bits per heavy atom. The highest BCUT2D eigenvalue weighted by Crippen LogP contribution is 2.29. The maximum absolute atomic E-state index is 13.0. The van der Waals surface area contributed by atoms with E-state index in [9.17, 15) is 4.39 Å². The summed E-state index contributed by atoms with van der Waals surface area (Å²) < 4.78 is 13.0. The van der Waals surface area contributed by atoms with Gasteiger partial charge in [-0.25, -0.2) is 9.37 Å². The first kappa shape index (κ1) is 11.6. The van der Waals surface area contributed by atoms with E-state index in [0.29, 0.717) is 0 Å². The molecule has 0 spiro atoms. The van der Waals surface area contributed by atoms with Crippen LogP contribution in [0.4, 0.5) is 4.39 Å². The summed E-state index contributed by atoms with van der Waals surface area (Å²) >= 11 is 0. The molecule has 3 nitrogen and oxygen atoms in total. The lowest BCUT2D eigenvalue weighted by Crippen LogP contribution is -1.84. The van der Waals surface area contributed by atoms with Gasteiger partial charge in [-0.2, -0.15) is 0 Å². The van der Waals surface area contributed by atoms with Crippen molar-refractivity contribution in [1.82, 2.24) is 15.0 Å². The number of hydrogen-bond acceptors (Lipinski definition) is 2. The molecule has 3 aromatic rings. The predicted octanol–water partition coefficient (Wildman–Crippen LogP) is 3.59. The summed E-state index contributed by atoms with van der Waals surface area (Å²) in [4.78, 5) is 11.7. The first-order valence-electron chi connectivity index (χ1n) is 5.97. The van der Waals surface area contributed by atoms with Gasteiger partial charge in [-0.05, 0) is 43.3 Å². The molecule has 3 rings (SSSR count). The van der Waals surface area contributed by atoms with E-state index in [2.05, 4.69) is 15.0 Å². The molecular formula is C15H12FN3. The van der Waals surface area contributed by atoms with Crippen LogP contribution in [0, 0.1) is 12.7 Å². The first-order valence-corrected chi connectivity index (χ1v) is 5.97. The first-order chi connectivity index (χ1) is 9.24. The number of halogens is 1. The number of pyridine rings is 1. The molecule has 0 atom stereocenters. The summed E-state index contributed by atoms with van der Waals surface area (Å²) in [7, 11) is 0. The zero-order chi connectivity index (χ0) is 13.2. The standard InChI is InChI=1S/C15H12FN3/c1-10-18-14(11-2-4-13(16)5-3-11)15(19-10)12-6-8-17-9-7-12/h2-9H,1H3,(H,18,19). The van der Waals surface area contributed by atoms with Crippen molar-refractivity contribution in [2.45, 2.75) is 6.92 Å². The highest BCUT2D eigenvalue weighted by Gasteiger charge is 2.12. The highest BCUT2D eigenvalue weighted by molar-refractivity contribution is 5.78. The van der Waals surface area contributed by atoms with Gasteiger partial charge in [-0.3, -0.25) is 4.98 Å². The quantitative estimate of drug-likeness (QED) is 0.758.